The number of thiophene rings is 1. The average molecular weight is 435 g/mol. The van der Waals surface area contributed by atoms with Gasteiger partial charge in [0.15, 0.2) is 10.6 Å². The number of carbonyl (C=O) groups excluding carboxylic acids is 3. The van der Waals surface area contributed by atoms with Crippen molar-refractivity contribution >= 4 is 41.4 Å². The molecule has 1 spiro atoms. The Kier molecular flexibility index (Phi) is 5.26. The molecule has 0 unspecified atom stereocenters. The summed E-state index contributed by atoms with van der Waals surface area (Å²) < 4.78 is 2.14. The minimum absolute atomic E-state index is 0.0489. The van der Waals surface area contributed by atoms with E-state index >= 15 is 0 Å². The van der Waals surface area contributed by atoms with Crippen LogP contribution < -0.4 is 10.7 Å². The van der Waals surface area contributed by atoms with Crippen LogP contribution in [0.15, 0.2) is 17.5 Å². The second-order valence-electron chi connectivity index (χ2n) is 7.60. The van der Waals surface area contributed by atoms with Gasteiger partial charge in [0, 0.05) is 13.0 Å². The van der Waals surface area contributed by atoms with Crippen molar-refractivity contribution in [3.63, 3.8) is 0 Å². The molecular weight excluding hydrogens is 412 g/mol. The van der Waals surface area contributed by atoms with Crippen LogP contribution in [0.3, 0.4) is 0 Å². The van der Waals surface area contributed by atoms with E-state index < -0.39 is 17.5 Å². The molecule has 2 aromatic heterocycles. The van der Waals surface area contributed by atoms with Crippen molar-refractivity contribution in [3.05, 3.63) is 22.3 Å². The summed E-state index contributed by atoms with van der Waals surface area (Å²) in [5.74, 6) is 0.381. The second-order valence-corrected chi connectivity index (χ2v) is 8.94. The van der Waals surface area contributed by atoms with Crippen LogP contribution >= 0.6 is 23.6 Å². The smallest absolute Gasteiger partial charge is 0.322 e. The van der Waals surface area contributed by atoms with Gasteiger partial charge in [-0.1, -0.05) is 13.0 Å². The summed E-state index contributed by atoms with van der Waals surface area (Å²) in [6.07, 6.45) is 2.99. The molecule has 1 aliphatic heterocycles. The van der Waals surface area contributed by atoms with Gasteiger partial charge in [0.1, 0.15) is 5.54 Å². The fourth-order valence-electron chi connectivity index (χ4n) is 3.83. The van der Waals surface area contributed by atoms with Crippen LogP contribution in [0.2, 0.25) is 0 Å². The van der Waals surface area contributed by atoms with Gasteiger partial charge in [-0.2, -0.15) is 10.1 Å². The van der Waals surface area contributed by atoms with Crippen LogP contribution in [-0.4, -0.2) is 43.2 Å². The monoisotopic (exact) mass is 434 g/mol. The molecule has 154 valence electrons. The van der Waals surface area contributed by atoms with E-state index in [4.69, 9.17) is 12.2 Å². The number of hydrazine groups is 1. The largest absolute Gasteiger partial charge is 0.344 e. The molecule has 29 heavy (non-hydrogen) atoms. The van der Waals surface area contributed by atoms with Crippen LogP contribution in [0.25, 0.3) is 10.7 Å². The first kappa shape index (κ1) is 19.8. The van der Waals surface area contributed by atoms with Gasteiger partial charge >= 0.3 is 6.03 Å². The summed E-state index contributed by atoms with van der Waals surface area (Å²) in [6.45, 7) is 2.42. The van der Waals surface area contributed by atoms with Gasteiger partial charge in [-0.15, -0.1) is 11.3 Å². The molecule has 1 aliphatic carbocycles. The highest BCUT2D eigenvalue weighted by Crippen LogP contribution is 2.35. The Hall–Kier alpha value is -2.53. The molecule has 1 saturated heterocycles. The number of hydrogen-bond acceptors (Lipinski definition) is 6. The Balaban J connectivity index is 1.40. The minimum atomic E-state index is -0.879. The summed E-state index contributed by atoms with van der Waals surface area (Å²) in [7, 11) is 0. The first-order valence-electron chi connectivity index (χ1n) is 9.55. The van der Waals surface area contributed by atoms with Gasteiger partial charge in [-0.05, 0) is 55.3 Å². The summed E-state index contributed by atoms with van der Waals surface area (Å²) in [4.78, 5) is 38.5. The highest BCUT2D eigenvalue weighted by Gasteiger charge is 2.52. The minimum Gasteiger partial charge on any atom is -0.322 e. The van der Waals surface area contributed by atoms with Crippen molar-refractivity contribution in [2.45, 2.75) is 51.1 Å². The van der Waals surface area contributed by atoms with E-state index in [0.29, 0.717) is 29.4 Å². The van der Waals surface area contributed by atoms with E-state index in [1.807, 2.05) is 17.5 Å². The fourth-order valence-corrected chi connectivity index (χ4v) is 4.77. The number of hydrogen-bond donors (Lipinski definition) is 3. The number of aromatic nitrogens is 3. The Morgan fingerprint density at radius 1 is 1.41 bits per heavy atom. The van der Waals surface area contributed by atoms with Crippen molar-refractivity contribution in [1.82, 2.24) is 30.5 Å². The maximum absolute atomic E-state index is 12.8. The molecular formula is C18H22N6O3S2. The van der Waals surface area contributed by atoms with Crippen LogP contribution in [0.4, 0.5) is 4.79 Å². The molecule has 0 bridgehead atoms. The van der Waals surface area contributed by atoms with Gasteiger partial charge in [-0.25, -0.2) is 4.79 Å². The number of rotatable bonds is 5. The van der Waals surface area contributed by atoms with E-state index in [0.717, 1.165) is 22.7 Å². The molecule has 4 amide bonds. The lowest BCUT2D eigenvalue weighted by Gasteiger charge is -2.33. The summed E-state index contributed by atoms with van der Waals surface area (Å²) >= 11 is 6.78. The van der Waals surface area contributed by atoms with Crippen molar-refractivity contribution in [3.8, 4) is 10.7 Å². The number of amides is 4. The Labute approximate surface area is 176 Å². The summed E-state index contributed by atoms with van der Waals surface area (Å²) in [5.41, 5.74) is 1.58. The lowest BCUT2D eigenvalue weighted by molar-refractivity contribution is -0.140. The summed E-state index contributed by atoms with van der Waals surface area (Å²) in [5, 5.41) is 12.5. The SMILES string of the molecule is CC1CCC2(CC1)NC(=O)N(NC(=O)CCn1c(-c3cccs3)n[nH]c1=S)C2=O. The fraction of sp³-hybridized carbons (Fsp3) is 0.500. The van der Waals surface area contributed by atoms with Crippen LogP contribution in [0.5, 0.6) is 0 Å². The molecule has 3 heterocycles. The number of nitrogens with one attached hydrogen (secondary N) is 3. The van der Waals surface area contributed by atoms with E-state index in [1.54, 1.807) is 4.57 Å². The molecule has 2 aliphatic rings. The van der Waals surface area contributed by atoms with Gasteiger partial charge in [-0.3, -0.25) is 24.7 Å². The Morgan fingerprint density at radius 2 is 2.17 bits per heavy atom. The third-order valence-corrected chi connectivity index (χ3v) is 6.77. The Bertz CT molecular complexity index is 988. The number of H-pyrrole nitrogens is 1. The van der Waals surface area contributed by atoms with E-state index in [2.05, 4.69) is 27.9 Å². The first-order chi connectivity index (χ1) is 13.9. The van der Waals surface area contributed by atoms with Gasteiger partial charge in [0.25, 0.3) is 5.91 Å². The van der Waals surface area contributed by atoms with Gasteiger partial charge in [0.05, 0.1) is 4.88 Å². The van der Waals surface area contributed by atoms with Crippen LogP contribution in [0, 0.1) is 10.7 Å². The molecule has 9 nitrogen and oxygen atoms in total. The zero-order valence-corrected chi connectivity index (χ0v) is 17.6. The van der Waals surface area contributed by atoms with Gasteiger partial charge < -0.3 is 5.32 Å². The maximum Gasteiger partial charge on any atom is 0.344 e. The molecule has 11 heteroatoms. The lowest BCUT2D eigenvalue weighted by atomic mass is 9.77. The van der Waals surface area contributed by atoms with E-state index in [1.165, 1.54) is 11.3 Å². The molecule has 0 radical (unpaired) electrons. The zero-order valence-electron chi connectivity index (χ0n) is 15.9. The standard InChI is InChI=1S/C18H22N6O3S2/c1-11-4-7-18(8-5-11)15(26)24(16(27)19-18)22-13(25)6-9-23-14(20-21-17(23)28)12-3-2-10-29-12/h2-3,10-11H,4-9H2,1H3,(H,19,27)(H,21,28)(H,22,25). The third kappa shape index (κ3) is 3.71. The molecule has 0 atom stereocenters. The molecule has 0 aromatic carbocycles. The maximum atomic E-state index is 12.8. The predicted molar refractivity (Wildman–Crippen MR) is 109 cm³/mol. The van der Waals surface area contributed by atoms with E-state index in [9.17, 15) is 14.4 Å². The molecule has 2 aromatic rings. The molecule has 2 fully saturated rings. The first-order valence-corrected chi connectivity index (χ1v) is 10.8. The topological polar surface area (TPSA) is 112 Å². The van der Waals surface area contributed by atoms with Gasteiger partial charge in [0.2, 0.25) is 5.91 Å². The number of nitrogens with zero attached hydrogens (tertiary/aromatic N) is 3. The van der Waals surface area contributed by atoms with Crippen molar-refractivity contribution in [2.75, 3.05) is 0 Å². The highest BCUT2D eigenvalue weighted by molar-refractivity contribution is 7.71. The summed E-state index contributed by atoms with van der Waals surface area (Å²) in [6, 6.07) is 3.26. The zero-order chi connectivity index (χ0) is 20.6. The highest BCUT2D eigenvalue weighted by atomic mass is 32.1. The van der Waals surface area contributed by atoms with Crippen molar-refractivity contribution in [2.24, 2.45) is 5.92 Å². The number of imide groups is 1. The molecule has 4 rings (SSSR count). The normalized spacial score (nSPS) is 24.2. The number of aromatic amines is 1. The molecule has 1 saturated carbocycles. The third-order valence-electron chi connectivity index (χ3n) is 5.59. The quantitative estimate of drug-likeness (QED) is 0.495. The van der Waals surface area contributed by atoms with E-state index in [-0.39, 0.29) is 18.9 Å². The average Bonchev–Trinajstić information content (AvgIpc) is 3.39. The second kappa shape index (κ2) is 7.71. The van der Waals surface area contributed by atoms with Crippen molar-refractivity contribution < 1.29 is 14.4 Å². The van der Waals surface area contributed by atoms with Crippen molar-refractivity contribution in [1.29, 1.82) is 0 Å². The number of urea groups is 1. The number of carbonyl (C=O) groups is 3. The predicted octanol–water partition coefficient (Wildman–Crippen LogP) is 2.59. The van der Waals surface area contributed by atoms with Crippen LogP contribution in [-0.2, 0) is 16.1 Å². The molecule has 3 N–H and O–H groups in total. The Morgan fingerprint density at radius 3 is 2.86 bits per heavy atom. The van der Waals surface area contributed by atoms with Crippen LogP contribution in [0.1, 0.15) is 39.0 Å². The lowest BCUT2D eigenvalue weighted by Crippen LogP contribution is -2.51.